The molecule has 2 aromatic rings. The van der Waals surface area contributed by atoms with Gasteiger partial charge in [-0.3, -0.25) is 10.1 Å². The molecule has 19 heavy (non-hydrogen) atoms. The van der Waals surface area contributed by atoms with Crippen molar-refractivity contribution in [2.24, 2.45) is 0 Å². The van der Waals surface area contributed by atoms with Crippen molar-refractivity contribution in [3.05, 3.63) is 60.5 Å². The highest BCUT2D eigenvalue weighted by Gasteiger charge is 2.17. The van der Waals surface area contributed by atoms with Crippen LogP contribution >= 0.6 is 46.4 Å². The van der Waals surface area contributed by atoms with Crippen LogP contribution in [0, 0.1) is 10.1 Å². The van der Waals surface area contributed by atoms with Crippen molar-refractivity contribution in [2.75, 3.05) is 0 Å². The van der Waals surface area contributed by atoms with Gasteiger partial charge in [-0.25, -0.2) is 0 Å². The van der Waals surface area contributed by atoms with Crippen molar-refractivity contribution >= 4 is 52.1 Å². The van der Waals surface area contributed by atoms with Crippen LogP contribution < -0.4 is 0 Å². The molecule has 0 aliphatic carbocycles. The van der Waals surface area contributed by atoms with Gasteiger partial charge < -0.3 is 0 Å². The molecular formula is C12H5Cl4NO2. The van der Waals surface area contributed by atoms with Gasteiger partial charge in [-0.2, -0.15) is 0 Å². The summed E-state index contributed by atoms with van der Waals surface area (Å²) in [7, 11) is 0. The molecule has 7 heteroatoms. The van der Waals surface area contributed by atoms with Gasteiger partial charge >= 0.3 is 0 Å². The summed E-state index contributed by atoms with van der Waals surface area (Å²) in [4.78, 5) is 10.5. The molecular weight excluding hydrogens is 332 g/mol. The lowest BCUT2D eigenvalue weighted by atomic mass is 10.0. The summed E-state index contributed by atoms with van der Waals surface area (Å²) in [6.07, 6.45) is 0. The number of hydrogen-bond donors (Lipinski definition) is 0. The van der Waals surface area contributed by atoms with Crippen LogP contribution in [0.4, 0.5) is 5.69 Å². The van der Waals surface area contributed by atoms with E-state index in [1.54, 1.807) is 0 Å². The summed E-state index contributed by atoms with van der Waals surface area (Å²) in [6, 6.07) is 7.27. The molecule has 2 rings (SSSR count). The maximum Gasteiger partial charge on any atom is 0.277 e. The normalized spacial score (nSPS) is 10.5. The lowest BCUT2D eigenvalue weighted by molar-refractivity contribution is -0.384. The third-order valence-electron chi connectivity index (χ3n) is 2.45. The Labute approximate surface area is 128 Å². The van der Waals surface area contributed by atoms with Crippen molar-refractivity contribution in [1.29, 1.82) is 0 Å². The van der Waals surface area contributed by atoms with Gasteiger partial charge in [0.25, 0.3) is 5.69 Å². The predicted octanol–water partition coefficient (Wildman–Crippen LogP) is 5.88. The summed E-state index contributed by atoms with van der Waals surface area (Å²) in [5.74, 6) is 0. The molecule has 0 atom stereocenters. The fourth-order valence-electron chi connectivity index (χ4n) is 1.61. The number of halogens is 4. The van der Waals surface area contributed by atoms with E-state index in [4.69, 9.17) is 46.4 Å². The summed E-state index contributed by atoms with van der Waals surface area (Å²) in [5, 5.41) is 12.0. The van der Waals surface area contributed by atoms with E-state index in [0.29, 0.717) is 16.1 Å². The summed E-state index contributed by atoms with van der Waals surface area (Å²) >= 11 is 23.6. The molecule has 0 unspecified atom stereocenters. The number of hydrogen-bond acceptors (Lipinski definition) is 2. The molecule has 0 aliphatic rings. The molecule has 0 heterocycles. The van der Waals surface area contributed by atoms with E-state index >= 15 is 0 Å². The third-order valence-corrected chi connectivity index (χ3v) is 3.88. The third kappa shape index (κ3) is 2.95. The van der Waals surface area contributed by atoms with E-state index in [2.05, 4.69) is 0 Å². The van der Waals surface area contributed by atoms with Crippen LogP contribution in [-0.2, 0) is 0 Å². The van der Waals surface area contributed by atoms with Crippen LogP contribution in [0.2, 0.25) is 20.1 Å². The van der Waals surface area contributed by atoms with Crippen molar-refractivity contribution in [3.63, 3.8) is 0 Å². The van der Waals surface area contributed by atoms with Crippen LogP contribution in [0.1, 0.15) is 0 Å². The van der Waals surface area contributed by atoms with E-state index in [-0.39, 0.29) is 20.8 Å². The van der Waals surface area contributed by atoms with Crippen molar-refractivity contribution in [3.8, 4) is 11.1 Å². The van der Waals surface area contributed by atoms with Crippen molar-refractivity contribution in [1.82, 2.24) is 0 Å². The highest BCUT2D eigenvalue weighted by atomic mass is 35.5. The second-order valence-corrected chi connectivity index (χ2v) is 5.30. The van der Waals surface area contributed by atoms with Gasteiger partial charge in [0.05, 0.1) is 25.6 Å². The minimum absolute atomic E-state index is 0.0844. The zero-order valence-corrected chi connectivity index (χ0v) is 12.2. The molecule has 3 nitrogen and oxygen atoms in total. The van der Waals surface area contributed by atoms with Crippen molar-refractivity contribution < 1.29 is 4.92 Å². The van der Waals surface area contributed by atoms with Crippen LogP contribution in [0.5, 0.6) is 0 Å². The second-order valence-electron chi connectivity index (χ2n) is 3.67. The lowest BCUT2D eigenvalue weighted by Crippen LogP contribution is -1.92. The maximum atomic E-state index is 11.0. The lowest BCUT2D eigenvalue weighted by Gasteiger charge is -2.07. The first-order valence-electron chi connectivity index (χ1n) is 4.99. The first-order valence-corrected chi connectivity index (χ1v) is 6.50. The molecule has 0 aliphatic heterocycles. The average molecular weight is 337 g/mol. The SMILES string of the molecule is O=[N+]([O-])c1ccc(Cl)cc1-c1cc(Cl)c(Cl)c(Cl)c1. The van der Waals surface area contributed by atoms with Gasteiger partial charge in [-0.05, 0) is 29.8 Å². The highest BCUT2D eigenvalue weighted by Crippen LogP contribution is 2.39. The van der Waals surface area contributed by atoms with Gasteiger partial charge in [-0.1, -0.05) is 46.4 Å². The van der Waals surface area contributed by atoms with Crippen LogP contribution in [-0.4, -0.2) is 4.92 Å². The Kier molecular flexibility index (Phi) is 4.21. The number of nitro benzene ring substituents is 1. The van der Waals surface area contributed by atoms with Gasteiger partial charge in [-0.15, -0.1) is 0 Å². The molecule has 0 amide bonds. The van der Waals surface area contributed by atoms with Crippen LogP contribution in [0.25, 0.3) is 11.1 Å². The fourth-order valence-corrected chi connectivity index (χ4v) is 2.38. The number of nitro groups is 1. The van der Waals surface area contributed by atoms with Crippen molar-refractivity contribution in [2.45, 2.75) is 0 Å². The summed E-state index contributed by atoms with van der Waals surface area (Å²) in [5.41, 5.74) is 0.727. The molecule has 0 bridgehead atoms. The van der Waals surface area contributed by atoms with Gasteiger partial charge in [0.15, 0.2) is 0 Å². The Hall–Kier alpha value is -1.000. The Morgan fingerprint density at radius 3 is 2.05 bits per heavy atom. The minimum atomic E-state index is -0.498. The van der Waals surface area contributed by atoms with Crippen LogP contribution in [0.15, 0.2) is 30.3 Å². The minimum Gasteiger partial charge on any atom is -0.258 e. The quantitative estimate of drug-likeness (QED) is 0.390. The van der Waals surface area contributed by atoms with E-state index in [1.165, 1.54) is 30.3 Å². The zero-order valence-electron chi connectivity index (χ0n) is 9.16. The Balaban J connectivity index is 2.71. The molecule has 0 N–H and O–H groups in total. The van der Waals surface area contributed by atoms with E-state index in [9.17, 15) is 10.1 Å². The Morgan fingerprint density at radius 1 is 0.947 bits per heavy atom. The van der Waals surface area contributed by atoms with Gasteiger partial charge in [0.2, 0.25) is 0 Å². The summed E-state index contributed by atoms with van der Waals surface area (Å²) in [6.45, 7) is 0. The number of rotatable bonds is 2. The molecule has 0 spiro atoms. The highest BCUT2D eigenvalue weighted by molar-refractivity contribution is 6.48. The van der Waals surface area contributed by atoms with E-state index in [0.717, 1.165) is 0 Å². The Morgan fingerprint density at radius 2 is 1.53 bits per heavy atom. The topological polar surface area (TPSA) is 43.1 Å². The van der Waals surface area contributed by atoms with E-state index < -0.39 is 4.92 Å². The first kappa shape index (κ1) is 14.4. The van der Waals surface area contributed by atoms with Gasteiger partial charge in [0.1, 0.15) is 0 Å². The zero-order chi connectivity index (χ0) is 14.2. The molecule has 0 radical (unpaired) electrons. The molecule has 0 fully saturated rings. The Bertz CT molecular complexity index is 650. The first-order chi connectivity index (χ1) is 8.90. The smallest absolute Gasteiger partial charge is 0.258 e. The second kappa shape index (κ2) is 5.55. The molecule has 98 valence electrons. The van der Waals surface area contributed by atoms with Crippen LogP contribution in [0.3, 0.4) is 0 Å². The number of benzene rings is 2. The largest absolute Gasteiger partial charge is 0.277 e. The summed E-state index contributed by atoms with van der Waals surface area (Å²) < 4.78 is 0. The standard InChI is InChI=1S/C12H5Cl4NO2/c13-7-1-2-11(17(18)19)8(5-7)6-3-9(14)12(16)10(15)4-6/h1-5H. The average Bonchev–Trinajstić information content (AvgIpc) is 2.34. The monoisotopic (exact) mass is 335 g/mol. The van der Waals surface area contributed by atoms with Gasteiger partial charge in [0, 0.05) is 11.1 Å². The molecule has 0 saturated carbocycles. The molecule has 0 saturated heterocycles. The molecule has 0 aromatic heterocycles. The number of nitrogens with zero attached hydrogens (tertiary/aromatic N) is 1. The van der Waals surface area contributed by atoms with E-state index in [1.807, 2.05) is 0 Å². The predicted molar refractivity (Wildman–Crippen MR) is 78.6 cm³/mol. The molecule has 2 aromatic carbocycles. The maximum absolute atomic E-state index is 11.0. The fraction of sp³-hybridized carbons (Fsp3) is 0.